The van der Waals surface area contributed by atoms with Gasteiger partial charge in [0.25, 0.3) is 5.91 Å². The standard InChI is InChI=1S/C19H19ClF3N3O4S/c1-25(2)31(29,30)12-8-9-15(20)13(10-12)18(28)26(3)11-17(27)24-16-7-5-4-6-14(16)19(21,22)23/h4-10H,11H2,1-3H3,(H,24,27). The van der Waals surface area contributed by atoms with Crippen LogP contribution in [0, 0.1) is 0 Å². The maximum absolute atomic E-state index is 13.1. The van der Waals surface area contributed by atoms with Crippen LogP contribution in [0.3, 0.4) is 0 Å². The number of para-hydroxylation sites is 1. The quantitative estimate of drug-likeness (QED) is 0.691. The molecule has 0 unspecified atom stereocenters. The summed E-state index contributed by atoms with van der Waals surface area (Å²) in [5.41, 5.74) is -1.64. The van der Waals surface area contributed by atoms with Crippen LogP contribution in [0.4, 0.5) is 18.9 Å². The number of sulfonamides is 1. The molecule has 2 rings (SSSR count). The van der Waals surface area contributed by atoms with Gasteiger partial charge < -0.3 is 10.2 Å². The average Bonchev–Trinajstić information content (AvgIpc) is 2.66. The first-order chi connectivity index (χ1) is 14.2. The van der Waals surface area contributed by atoms with Gasteiger partial charge in [-0.1, -0.05) is 23.7 Å². The highest BCUT2D eigenvalue weighted by Crippen LogP contribution is 2.34. The van der Waals surface area contributed by atoms with Crippen molar-refractivity contribution in [2.75, 3.05) is 33.0 Å². The van der Waals surface area contributed by atoms with Gasteiger partial charge in [-0.25, -0.2) is 12.7 Å². The Labute approximate surface area is 182 Å². The lowest BCUT2D eigenvalue weighted by Crippen LogP contribution is -2.35. The Bertz CT molecular complexity index is 1100. The van der Waals surface area contributed by atoms with Gasteiger partial charge in [0.15, 0.2) is 0 Å². The molecule has 168 valence electrons. The maximum atomic E-state index is 13.1. The van der Waals surface area contributed by atoms with Gasteiger partial charge in [0.1, 0.15) is 0 Å². The number of hydrogen-bond acceptors (Lipinski definition) is 4. The number of amides is 2. The summed E-state index contributed by atoms with van der Waals surface area (Å²) < 4.78 is 64.7. The number of halogens is 4. The summed E-state index contributed by atoms with van der Waals surface area (Å²) in [7, 11) is 0.0376. The highest BCUT2D eigenvalue weighted by molar-refractivity contribution is 7.89. The molecule has 0 heterocycles. The van der Waals surface area contributed by atoms with Crippen LogP contribution in [0.15, 0.2) is 47.4 Å². The summed E-state index contributed by atoms with van der Waals surface area (Å²) in [6.45, 7) is -0.591. The highest BCUT2D eigenvalue weighted by atomic mass is 35.5. The van der Waals surface area contributed by atoms with E-state index in [0.29, 0.717) is 0 Å². The summed E-state index contributed by atoms with van der Waals surface area (Å²) in [4.78, 5) is 25.7. The molecule has 2 aromatic rings. The van der Waals surface area contributed by atoms with E-state index in [2.05, 4.69) is 5.32 Å². The molecule has 0 aromatic heterocycles. The molecule has 0 saturated heterocycles. The first kappa shape index (κ1) is 24.6. The van der Waals surface area contributed by atoms with E-state index in [1.807, 2.05) is 0 Å². The van der Waals surface area contributed by atoms with E-state index in [-0.39, 0.29) is 15.5 Å². The molecule has 0 radical (unpaired) electrons. The van der Waals surface area contributed by atoms with Crippen molar-refractivity contribution < 1.29 is 31.2 Å². The zero-order valence-electron chi connectivity index (χ0n) is 16.7. The van der Waals surface area contributed by atoms with Crippen molar-refractivity contribution in [3.8, 4) is 0 Å². The first-order valence-corrected chi connectivity index (χ1v) is 10.5. The molecule has 0 atom stereocenters. The van der Waals surface area contributed by atoms with Crippen molar-refractivity contribution >= 4 is 39.1 Å². The minimum Gasteiger partial charge on any atom is -0.332 e. The second-order valence-electron chi connectivity index (χ2n) is 6.68. The minimum absolute atomic E-state index is 0.0441. The van der Waals surface area contributed by atoms with Gasteiger partial charge in [-0.3, -0.25) is 9.59 Å². The molecule has 0 bridgehead atoms. The van der Waals surface area contributed by atoms with Crippen LogP contribution in [0.2, 0.25) is 5.02 Å². The van der Waals surface area contributed by atoms with Gasteiger partial charge in [-0.2, -0.15) is 13.2 Å². The topological polar surface area (TPSA) is 86.8 Å². The molecule has 2 amide bonds. The van der Waals surface area contributed by atoms with Crippen LogP contribution in [0.5, 0.6) is 0 Å². The predicted molar refractivity (Wildman–Crippen MR) is 109 cm³/mol. The molecule has 0 saturated carbocycles. The molecule has 0 aliphatic carbocycles. The van der Waals surface area contributed by atoms with Crippen LogP contribution >= 0.6 is 11.6 Å². The Morgan fingerprint density at radius 2 is 1.68 bits per heavy atom. The highest BCUT2D eigenvalue weighted by Gasteiger charge is 2.33. The minimum atomic E-state index is -4.67. The van der Waals surface area contributed by atoms with Gasteiger partial charge in [0.05, 0.1) is 33.3 Å². The number of nitrogens with zero attached hydrogens (tertiary/aromatic N) is 2. The third kappa shape index (κ3) is 5.75. The normalized spacial score (nSPS) is 12.0. The Kier molecular flexibility index (Phi) is 7.35. The van der Waals surface area contributed by atoms with E-state index in [0.717, 1.165) is 27.4 Å². The summed E-state index contributed by atoms with van der Waals surface area (Å²) in [5.74, 6) is -1.65. The second-order valence-corrected chi connectivity index (χ2v) is 9.24. The Hall–Kier alpha value is -2.63. The number of benzene rings is 2. The molecule has 12 heteroatoms. The van der Waals surface area contributed by atoms with Gasteiger partial charge in [-0.15, -0.1) is 0 Å². The van der Waals surface area contributed by atoms with Crippen molar-refractivity contribution in [1.82, 2.24) is 9.21 Å². The number of carbonyl (C=O) groups excluding carboxylic acids is 2. The molecule has 0 fully saturated rings. The Morgan fingerprint density at radius 1 is 1.06 bits per heavy atom. The van der Waals surface area contributed by atoms with Crippen molar-refractivity contribution in [3.63, 3.8) is 0 Å². The van der Waals surface area contributed by atoms with Crippen molar-refractivity contribution in [1.29, 1.82) is 0 Å². The van der Waals surface area contributed by atoms with E-state index < -0.39 is 45.8 Å². The average molecular weight is 478 g/mol. The van der Waals surface area contributed by atoms with Gasteiger partial charge in [0.2, 0.25) is 15.9 Å². The fourth-order valence-electron chi connectivity index (χ4n) is 2.56. The third-order valence-electron chi connectivity index (χ3n) is 4.18. The predicted octanol–water partition coefficient (Wildman–Crippen LogP) is 3.32. The summed E-state index contributed by atoms with van der Waals surface area (Å²) >= 11 is 6.02. The Balaban J connectivity index is 2.21. The summed E-state index contributed by atoms with van der Waals surface area (Å²) in [6, 6.07) is 7.97. The summed E-state index contributed by atoms with van der Waals surface area (Å²) in [5, 5.41) is 2.09. The molecule has 7 nitrogen and oxygen atoms in total. The van der Waals surface area contributed by atoms with Crippen molar-refractivity contribution in [3.05, 3.63) is 58.6 Å². The first-order valence-electron chi connectivity index (χ1n) is 8.68. The van der Waals surface area contributed by atoms with E-state index in [9.17, 15) is 31.2 Å². The maximum Gasteiger partial charge on any atom is 0.418 e. The van der Waals surface area contributed by atoms with Gasteiger partial charge in [0, 0.05) is 21.1 Å². The van der Waals surface area contributed by atoms with Crippen molar-refractivity contribution in [2.24, 2.45) is 0 Å². The van der Waals surface area contributed by atoms with Crippen LogP contribution in [0.25, 0.3) is 0 Å². The number of nitrogens with one attached hydrogen (secondary N) is 1. The van der Waals surface area contributed by atoms with Crippen LogP contribution in [0.1, 0.15) is 15.9 Å². The number of likely N-dealkylation sites (N-methyl/N-ethyl adjacent to an activating group) is 1. The number of rotatable bonds is 6. The van der Waals surface area contributed by atoms with Gasteiger partial charge >= 0.3 is 6.18 Å². The Morgan fingerprint density at radius 3 is 2.26 bits per heavy atom. The molecule has 0 aliphatic rings. The molecular weight excluding hydrogens is 459 g/mol. The number of alkyl halides is 3. The van der Waals surface area contributed by atoms with Crippen LogP contribution < -0.4 is 5.32 Å². The molecule has 0 aliphatic heterocycles. The SMILES string of the molecule is CN(CC(=O)Nc1ccccc1C(F)(F)F)C(=O)c1cc(S(=O)(=O)N(C)C)ccc1Cl. The third-order valence-corrected chi connectivity index (χ3v) is 6.32. The lowest BCUT2D eigenvalue weighted by Gasteiger charge is -2.19. The van der Waals surface area contributed by atoms with E-state index in [1.165, 1.54) is 45.4 Å². The van der Waals surface area contributed by atoms with E-state index >= 15 is 0 Å². The fraction of sp³-hybridized carbons (Fsp3) is 0.263. The van der Waals surface area contributed by atoms with Crippen LogP contribution in [-0.2, 0) is 21.0 Å². The van der Waals surface area contributed by atoms with Crippen molar-refractivity contribution in [2.45, 2.75) is 11.1 Å². The zero-order chi connectivity index (χ0) is 23.6. The molecule has 1 N–H and O–H groups in total. The second kappa shape index (κ2) is 9.25. The van der Waals surface area contributed by atoms with E-state index in [4.69, 9.17) is 11.6 Å². The molecule has 2 aromatic carbocycles. The zero-order valence-corrected chi connectivity index (χ0v) is 18.3. The molecular formula is C19H19ClF3N3O4S. The number of anilines is 1. The monoisotopic (exact) mass is 477 g/mol. The molecule has 0 spiro atoms. The van der Waals surface area contributed by atoms with Gasteiger partial charge in [-0.05, 0) is 30.3 Å². The lowest BCUT2D eigenvalue weighted by molar-refractivity contribution is -0.137. The fourth-order valence-corrected chi connectivity index (χ4v) is 3.69. The summed E-state index contributed by atoms with van der Waals surface area (Å²) in [6.07, 6.45) is -4.67. The smallest absolute Gasteiger partial charge is 0.332 e. The molecule has 31 heavy (non-hydrogen) atoms. The lowest BCUT2D eigenvalue weighted by atomic mass is 10.1. The van der Waals surface area contributed by atoms with E-state index in [1.54, 1.807) is 0 Å². The number of carbonyl (C=O) groups is 2. The largest absolute Gasteiger partial charge is 0.418 e. The van der Waals surface area contributed by atoms with Crippen LogP contribution in [-0.4, -0.2) is 57.1 Å². The number of hydrogen-bond donors (Lipinski definition) is 1.